The molecule has 2 N–H and O–H groups in total. The third-order valence-electron chi connectivity index (χ3n) is 6.75. The van der Waals surface area contributed by atoms with Gasteiger partial charge in [0.15, 0.2) is 12.5 Å². The van der Waals surface area contributed by atoms with Crippen LogP contribution in [0, 0.1) is 11.8 Å². The summed E-state index contributed by atoms with van der Waals surface area (Å²) in [4.78, 5) is 35.0. The Labute approximate surface area is 244 Å². The highest BCUT2D eigenvalue weighted by atomic mass is 32.1. The molecule has 1 saturated heterocycles. The highest BCUT2D eigenvalue weighted by Gasteiger charge is 2.45. The van der Waals surface area contributed by atoms with Crippen molar-refractivity contribution in [3.05, 3.63) is 30.5 Å². The van der Waals surface area contributed by atoms with E-state index in [-0.39, 0.29) is 44.0 Å². The summed E-state index contributed by atoms with van der Waals surface area (Å²) < 4.78 is 38.2. The molecule has 2 aromatic rings. The summed E-state index contributed by atoms with van der Waals surface area (Å²) in [6.45, 7) is 7.05. The number of methoxy groups -OCH3 is 1. The van der Waals surface area contributed by atoms with Gasteiger partial charge in [-0.1, -0.05) is 44.0 Å². The number of ether oxygens (including phenoxy) is 6. The Balaban J connectivity index is 1.69. The number of aromatic nitrogens is 3. The molecule has 3 unspecified atom stereocenters. The van der Waals surface area contributed by atoms with Crippen molar-refractivity contribution < 1.29 is 47.5 Å². The molecule has 1 aliphatic heterocycles. The molecule has 0 saturated carbocycles. The first-order valence-electron chi connectivity index (χ1n) is 13.3. The molecule has 1 fully saturated rings. The molecule has 13 nitrogen and oxygen atoms in total. The number of carbonyl (C=O) groups excluding carboxylic acids is 3. The molecule has 0 radical (unpaired) electrons. The number of thiol groups is 1. The maximum Gasteiger partial charge on any atom is 0.303 e. The predicted octanol–water partition coefficient (Wildman–Crippen LogP) is 1.62. The first-order chi connectivity index (χ1) is 19.6. The number of H-pyrrole nitrogens is 1. The highest BCUT2D eigenvalue weighted by molar-refractivity contribution is 7.78. The number of rotatable bonds is 14. The van der Waals surface area contributed by atoms with E-state index in [4.69, 9.17) is 28.4 Å². The summed E-state index contributed by atoms with van der Waals surface area (Å²) in [7, 11) is 1.60. The van der Waals surface area contributed by atoms with E-state index < -0.39 is 36.5 Å². The lowest BCUT2D eigenvalue weighted by atomic mass is 9.84. The Morgan fingerprint density at radius 2 is 1.95 bits per heavy atom. The molecular formula is C27H39N4O9S+. The van der Waals surface area contributed by atoms with E-state index in [2.05, 4.69) is 27.8 Å². The standard InChI is InChI=1S/C27H38N4O9S/c1-16-17(2)27(37-15-22(38-18(3)32)14-36-10-9-25(34)29-41)40-24(26(16)39-19(4)33)13-31-12-23(28-30-31)20-7-6-8-21(11-20)35-5/h6-8,11-12,16-17,22,24,26-27H,9-10,13-15H2,1-5H3,(H2,28,29,30,34,41)/p+1/t16-,17?,22?,24?,26-,27+/m1/s1. The van der Waals surface area contributed by atoms with Gasteiger partial charge in [-0.25, -0.2) is 0 Å². The van der Waals surface area contributed by atoms with E-state index in [0.717, 1.165) is 5.56 Å². The molecule has 41 heavy (non-hydrogen) atoms. The van der Waals surface area contributed by atoms with Crippen LogP contribution in [0.15, 0.2) is 30.5 Å². The lowest BCUT2D eigenvalue weighted by Crippen LogP contribution is -2.57. The number of nitrogens with zero attached hydrogens (tertiary/aromatic N) is 2. The van der Waals surface area contributed by atoms with Gasteiger partial charge in [0.25, 0.3) is 0 Å². The van der Waals surface area contributed by atoms with Crippen LogP contribution >= 0.6 is 12.8 Å². The van der Waals surface area contributed by atoms with Crippen molar-refractivity contribution in [1.82, 2.24) is 15.0 Å². The van der Waals surface area contributed by atoms with Gasteiger partial charge in [0.05, 0.1) is 33.4 Å². The summed E-state index contributed by atoms with van der Waals surface area (Å²) in [5.41, 5.74) is 1.57. The second-order valence-electron chi connectivity index (χ2n) is 9.87. The van der Waals surface area contributed by atoms with Gasteiger partial charge < -0.3 is 33.1 Å². The third-order valence-corrected chi connectivity index (χ3v) is 7.00. The second kappa shape index (κ2) is 15.7. The summed E-state index contributed by atoms with van der Waals surface area (Å²) in [6.07, 6.45) is -0.554. The fourth-order valence-corrected chi connectivity index (χ4v) is 4.60. The maximum absolute atomic E-state index is 12.0. The van der Waals surface area contributed by atoms with E-state index in [1.165, 1.54) is 13.8 Å². The molecule has 1 aromatic heterocycles. The molecule has 1 aliphatic rings. The van der Waals surface area contributed by atoms with E-state index in [1.807, 2.05) is 44.3 Å². The number of aromatic amines is 1. The molecule has 226 valence electrons. The molecule has 1 amide bonds. The van der Waals surface area contributed by atoms with Crippen molar-refractivity contribution in [1.29, 1.82) is 0 Å². The molecule has 2 heterocycles. The summed E-state index contributed by atoms with van der Waals surface area (Å²) in [6, 6.07) is 7.54. The number of esters is 2. The first-order valence-corrected chi connectivity index (χ1v) is 13.8. The van der Waals surface area contributed by atoms with Gasteiger partial charge in [0.2, 0.25) is 11.6 Å². The number of carbonyl (C=O) groups is 3. The van der Waals surface area contributed by atoms with Crippen molar-refractivity contribution in [2.75, 3.05) is 26.9 Å². The normalized spacial score (nSPS) is 22.9. The molecule has 6 atom stereocenters. The highest BCUT2D eigenvalue weighted by Crippen LogP contribution is 2.34. The second-order valence-corrected chi connectivity index (χ2v) is 10.1. The van der Waals surface area contributed by atoms with Crippen molar-refractivity contribution >= 4 is 30.7 Å². The number of benzene rings is 1. The number of nitrogens with one attached hydrogen (secondary N) is 2. The zero-order chi connectivity index (χ0) is 29.9. The average molecular weight is 596 g/mol. The monoisotopic (exact) mass is 595 g/mol. The van der Waals surface area contributed by atoms with Crippen LogP contribution in [0.3, 0.4) is 0 Å². The lowest BCUT2D eigenvalue weighted by Gasteiger charge is -2.43. The Kier molecular flexibility index (Phi) is 12.4. The third kappa shape index (κ3) is 9.69. The van der Waals surface area contributed by atoms with Crippen LogP contribution in [0.1, 0.15) is 34.1 Å². The first kappa shape index (κ1) is 32.3. The van der Waals surface area contributed by atoms with Crippen LogP contribution in [0.25, 0.3) is 11.3 Å². The van der Waals surface area contributed by atoms with Crippen LogP contribution in [0.5, 0.6) is 5.75 Å². The van der Waals surface area contributed by atoms with E-state index >= 15 is 0 Å². The van der Waals surface area contributed by atoms with Crippen LogP contribution < -0.4 is 14.1 Å². The summed E-state index contributed by atoms with van der Waals surface area (Å²) in [5, 5.41) is 7.38. The lowest BCUT2D eigenvalue weighted by molar-refractivity contribution is -0.761. The van der Waals surface area contributed by atoms with Gasteiger partial charge >= 0.3 is 11.9 Å². The van der Waals surface area contributed by atoms with E-state index in [0.29, 0.717) is 18.0 Å². The van der Waals surface area contributed by atoms with Gasteiger partial charge in [-0.05, 0) is 12.1 Å². The van der Waals surface area contributed by atoms with Crippen LogP contribution in [0.2, 0.25) is 0 Å². The minimum atomic E-state index is -0.713. The zero-order valence-electron chi connectivity index (χ0n) is 23.9. The summed E-state index contributed by atoms with van der Waals surface area (Å²) >= 11 is 3.70. The van der Waals surface area contributed by atoms with Crippen molar-refractivity contribution in [3.8, 4) is 17.0 Å². The van der Waals surface area contributed by atoms with Crippen LogP contribution in [-0.4, -0.2) is 79.7 Å². The fraction of sp³-hybridized carbons (Fsp3) is 0.593. The molecular weight excluding hydrogens is 556 g/mol. The van der Waals surface area contributed by atoms with Crippen molar-refractivity contribution in [3.63, 3.8) is 0 Å². The van der Waals surface area contributed by atoms with Gasteiger partial charge in [-0.3, -0.25) is 14.4 Å². The molecule has 0 spiro atoms. The van der Waals surface area contributed by atoms with Gasteiger partial charge in [0, 0.05) is 36.3 Å². The van der Waals surface area contributed by atoms with Gasteiger partial charge in [0.1, 0.15) is 30.6 Å². The fourth-order valence-electron chi connectivity index (χ4n) is 4.49. The predicted molar refractivity (Wildman–Crippen MR) is 147 cm³/mol. The van der Waals surface area contributed by atoms with Gasteiger partial charge in [-0.15, -0.1) is 0 Å². The Bertz CT molecular complexity index is 1160. The number of amides is 1. The minimum Gasteiger partial charge on any atom is -0.497 e. The largest absolute Gasteiger partial charge is 0.497 e. The van der Waals surface area contributed by atoms with E-state index in [9.17, 15) is 14.4 Å². The van der Waals surface area contributed by atoms with Crippen LogP contribution in [-0.2, 0) is 44.6 Å². The molecule has 0 aliphatic carbocycles. The summed E-state index contributed by atoms with van der Waals surface area (Å²) in [5.74, 6) is -0.749. The number of hydrogen-bond donors (Lipinski definition) is 3. The smallest absolute Gasteiger partial charge is 0.303 e. The molecule has 1 aromatic carbocycles. The molecule has 0 bridgehead atoms. The quantitative estimate of drug-likeness (QED) is 0.127. The van der Waals surface area contributed by atoms with Crippen LogP contribution in [0.4, 0.5) is 0 Å². The maximum atomic E-state index is 12.0. The minimum absolute atomic E-state index is 0.00219. The molecule has 3 rings (SSSR count). The van der Waals surface area contributed by atoms with E-state index in [1.54, 1.807) is 11.8 Å². The Morgan fingerprint density at radius 1 is 1.17 bits per heavy atom. The van der Waals surface area contributed by atoms with Crippen molar-refractivity contribution in [2.45, 2.75) is 65.3 Å². The average Bonchev–Trinajstić information content (AvgIpc) is 3.42. The SMILES string of the molecule is COc1cccc(-c2c[n+](CC3O[C@H](OCC(COCCC(=O)NS)OC(C)=O)C(C)[C@@H](C)[C@H]3OC(C)=O)[nH]n2)c1. The van der Waals surface area contributed by atoms with Crippen molar-refractivity contribution in [2.24, 2.45) is 11.8 Å². The Hall–Kier alpha value is -3.20. The topological polar surface area (TPSA) is 151 Å². The number of hydrogen-bond acceptors (Lipinski definition) is 11. The Morgan fingerprint density at radius 3 is 2.63 bits per heavy atom. The molecule has 14 heteroatoms. The van der Waals surface area contributed by atoms with Gasteiger partial charge in [-0.2, -0.15) is 4.68 Å². The zero-order valence-corrected chi connectivity index (χ0v) is 24.8.